The Morgan fingerprint density at radius 3 is 2.73 bits per heavy atom. The minimum atomic E-state index is -1.77. The van der Waals surface area contributed by atoms with Crippen LogP contribution in [0.15, 0.2) is 40.8 Å². The van der Waals surface area contributed by atoms with E-state index in [-0.39, 0.29) is 42.4 Å². The van der Waals surface area contributed by atoms with Crippen molar-refractivity contribution in [1.82, 2.24) is 25.8 Å². The molecule has 0 spiro atoms. The van der Waals surface area contributed by atoms with Crippen molar-refractivity contribution in [3.63, 3.8) is 0 Å². The predicted molar refractivity (Wildman–Crippen MR) is 141 cm³/mol. The largest absolute Gasteiger partial charge is 0.497 e. The second kappa shape index (κ2) is 10.6. The van der Waals surface area contributed by atoms with Crippen LogP contribution in [-0.2, 0) is 16.9 Å². The molecule has 0 saturated carbocycles. The molecule has 2 aliphatic heterocycles. The molecule has 2 aromatic carbocycles. The summed E-state index contributed by atoms with van der Waals surface area (Å²) in [7, 11) is 3.35. The Morgan fingerprint density at radius 2 is 2.02 bits per heavy atom. The summed E-state index contributed by atoms with van der Waals surface area (Å²) in [6.07, 6.45) is 0. The van der Waals surface area contributed by atoms with Gasteiger partial charge in [0, 0.05) is 49.7 Å². The number of nitrogens with one attached hydrogen (secondary N) is 3. The Morgan fingerprint density at radius 1 is 1.23 bits per heavy atom. The molecule has 1 aromatic heterocycles. The maximum Gasteiger partial charge on any atom is 0.322 e. The van der Waals surface area contributed by atoms with Crippen LogP contribution in [0.2, 0.25) is 0 Å². The van der Waals surface area contributed by atoms with Crippen molar-refractivity contribution in [1.29, 1.82) is 0 Å². The number of benzene rings is 2. The Balaban J connectivity index is 1.42. The zero-order valence-corrected chi connectivity index (χ0v) is 22.0. The molecule has 12 nitrogen and oxygen atoms in total. The number of carbonyl (C=O) groups excluding carboxylic acids is 4. The highest BCUT2D eigenvalue weighted by Gasteiger charge is 2.53. The van der Waals surface area contributed by atoms with Crippen molar-refractivity contribution in [2.24, 2.45) is 5.73 Å². The number of furan rings is 1. The molecule has 2 aliphatic rings. The summed E-state index contributed by atoms with van der Waals surface area (Å²) in [5, 5.41) is 7.82. The summed E-state index contributed by atoms with van der Waals surface area (Å²) in [4.78, 5) is 54.7. The quantitative estimate of drug-likeness (QED) is 0.270. The van der Waals surface area contributed by atoms with E-state index in [0.29, 0.717) is 36.3 Å². The molecule has 0 radical (unpaired) electrons. The molecular formula is C27H29FN6O6. The minimum absolute atomic E-state index is 0.00689. The van der Waals surface area contributed by atoms with Gasteiger partial charge in [-0.1, -0.05) is 6.07 Å². The first-order chi connectivity index (χ1) is 19.1. The summed E-state index contributed by atoms with van der Waals surface area (Å²) in [5.41, 5.74) is 4.78. The SMILES string of the molecule is COc1ccc2c(c1)C(=O)N(CC1(c3cc4cc(C(=O)NCCN(C)CCN)c(F)cc4o3)NC(=O)NC1=O)C2. The number of fused-ring (bicyclic) bond motifs is 2. The van der Waals surface area contributed by atoms with Gasteiger partial charge >= 0.3 is 6.03 Å². The van der Waals surface area contributed by atoms with Crippen LogP contribution in [0.25, 0.3) is 11.0 Å². The number of nitrogens with zero attached hydrogens (tertiary/aromatic N) is 2. The zero-order valence-electron chi connectivity index (χ0n) is 22.0. The summed E-state index contributed by atoms with van der Waals surface area (Å²) >= 11 is 0. The topological polar surface area (TPSA) is 159 Å². The van der Waals surface area contributed by atoms with E-state index in [1.165, 1.54) is 24.1 Å². The Kier molecular flexibility index (Phi) is 7.17. The highest BCUT2D eigenvalue weighted by atomic mass is 19.1. The lowest BCUT2D eigenvalue weighted by Gasteiger charge is -2.29. The molecule has 1 fully saturated rings. The lowest BCUT2D eigenvalue weighted by molar-refractivity contribution is -0.125. The van der Waals surface area contributed by atoms with Gasteiger partial charge in [0.1, 0.15) is 22.9 Å². The van der Waals surface area contributed by atoms with Gasteiger partial charge in [0.05, 0.1) is 19.2 Å². The smallest absolute Gasteiger partial charge is 0.322 e. The third-order valence-electron chi connectivity index (χ3n) is 7.13. The number of nitrogens with two attached hydrogens (primary N) is 1. The van der Waals surface area contributed by atoms with E-state index in [4.69, 9.17) is 14.9 Å². The van der Waals surface area contributed by atoms with Crippen molar-refractivity contribution in [2.75, 3.05) is 46.9 Å². The lowest BCUT2D eigenvalue weighted by atomic mass is 9.95. The first kappa shape index (κ1) is 27.1. The molecule has 5 rings (SSSR count). The van der Waals surface area contributed by atoms with Gasteiger partial charge in [0.2, 0.25) is 0 Å². The second-order valence-electron chi connectivity index (χ2n) is 9.83. The van der Waals surface area contributed by atoms with Crippen molar-refractivity contribution in [2.45, 2.75) is 12.1 Å². The molecule has 210 valence electrons. The number of methoxy groups -OCH3 is 1. The van der Waals surface area contributed by atoms with Crippen LogP contribution >= 0.6 is 0 Å². The van der Waals surface area contributed by atoms with Gasteiger partial charge in [-0.15, -0.1) is 0 Å². The Hall–Kier alpha value is -4.49. The van der Waals surface area contributed by atoms with Crippen molar-refractivity contribution >= 4 is 34.7 Å². The van der Waals surface area contributed by atoms with Gasteiger partial charge in [-0.2, -0.15) is 0 Å². The molecule has 0 aliphatic carbocycles. The average Bonchev–Trinajstić information content (AvgIpc) is 3.56. The molecular weight excluding hydrogens is 523 g/mol. The molecule has 3 aromatic rings. The van der Waals surface area contributed by atoms with E-state index in [2.05, 4.69) is 16.0 Å². The van der Waals surface area contributed by atoms with Gasteiger partial charge in [-0.05, 0) is 36.9 Å². The van der Waals surface area contributed by atoms with Crippen LogP contribution < -0.4 is 26.4 Å². The fourth-order valence-electron chi connectivity index (χ4n) is 4.97. The maximum atomic E-state index is 14.9. The third kappa shape index (κ3) is 4.84. The van der Waals surface area contributed by atoms with Gasteiger partial charge in [-0.25, -0.2) is 9.18 Å². The number of halogens is 1. The van der Waals surface area contributed by atoms with E-state index in [9.17, 15) is 23.6 Å². The van der Waals surface area contributed by atoms with E-state index < -0.39 is 29.2 Å². The molecule has 3 heterocycles. The number of carbonyl (C=O) groups is 4. The number of likely N-dealkylation sites (N-methyl/N-ethyl adjacent to an activating group) is 1. The fraction of sp³-hybridized carbons (Fsp3) is 0.333. The second-order valence-corrected chi connectivity index (χ2v) is 9.83. The van der Waals surface area contributed by atoms with Crippen molar-refractivity contribution < 1.29 is 32.7 Å². The number of rotatable bonds is 10. The van der Waals surface area contributed by atoms with Crippen LogP contribution in [0.4, 0.5) is 9.18 Å². The maximum absolute atomic E-state index is 14.9. The fourth-order valence-corrected chi connectivity index (χ4v) is 4.97. The van der Waals surface area contributed by atoms with Crippen LogP contribution in [0.3, 0.4) is 0 Å². The minimum Gasteiger partial charge on any atom is -0.497 e. The van der Waals surface area contributed by atoms with Crippen LogP contribution in [0.1, 0.15) is 32.0 Å². The molecule has 5 N–H and O–H groups in total. The van der Waals surface area contributed by atoms with E-state index >= 15 is 0 Å². The van der Waals surface area contributed by atoms with Crippen LogP contribution in [-0.4, -0.2) is 80.4 Å². The molecule has 13 heteroatoms. The number of amides is 5. The van der Waals surface area contributed by atoms with Crippen molar-refractivity contribution in [3.8, 4) is 5.75 Å². The molecule has 40 heavy (non-hydrogen) atoms. The molecule has 0 bridgehead atoms. The molecule has 1 atom stereocenters. The highest BCUT2D eigenvalue weighted by molar-refractivity contribution is 6.08. The van der Waals surface area contributed by atoms with Gasteiger partial charge in [-0.3, -0.25) is 19.7 Å². The molecule has 5 amide bonds. The Bertz CT molecular complexity index is 1520. The molecule has 1 saturated heterocycles. The average molecular weight is 553 g/mol. The summed E-state index contributed by atoms with van der Waals surface area (Å²) in [6.45, 7) is 1.91. The number of urea groups is 1. The van der Waals surface area contributed by atoms with E-state index in [0.717, 1.165) is 11.6 Å². The summed E-state index contributed by atoms with van der Waals surface area (Å²) in [6, 6.07) is 8.19. The van der Waals surface area contributed by atoms with Crippen molar-refractivity contribution in [3.05, 3.63) is 64.7 Å². The predicted octanol–water partition coefficient (Wildman–Crippen LogP) is 0.892. The molecule has 1 unspecified atom stereocenters. The standard InChI is InChI=1S/C27H29FN6O6/c1-33(7-5-29)8-6-30-23(35)19-9-16-10-22(40-21(16)12-20(19)28)27(25(37)31-26(38)32-27)14-34-13-15-3-4-17(39-2)11-18(15)24(34)36/h3-4,9-12H,5-8,13-14,29H2,1-2H3,(H,30,35)(H2,31,32,37,38). The number of ether oxygens (including phenoxy) is 1. The number of hydrogen-bond acceptors (Lipinski definition) is 8. The first-order valence-electron chi connectivity index (χ1n) is 12.7. The Labute approximate surface area is 228 Å². The van der Waals surface area contributed by atoms with E-state index in [1.54, 1.807) is 18.2 Å². The monoisotopic (exact) mass is 552 g/mol. The number of imide groups is 1. The van der Waals surface area contributed by atoms with Crippen LogP contribution in [0, 0.1) is 5.82 Å². The highest BCUT2D eigenvalue weighted by Crippen LogP contribution is 2.35. The number of hydrogen-bond donors (Lipinski definition) is 4. The van der Waals surface area contributed by atoms with Gasteiger partial charge in [0.15, 0.2) is 5.54 Å². The van der Waals surface area contributed by atoms with E-state index in [1.807, 2.05) is 11.9 Å². The summed E-state index contributed by atoms with van der Waals surface area (Å²) in [5.74, 6) is -1.99. The lowest BCUT2D eigenvalue weighted by Crippen LogP contribution is -2.52. The normalized spacial score (nSPS) is 18.3. The third-order valence-corrected chi connectivity index (χ3v) is 7.13. The van der Waals surface area contributed by atoms with Gasteiger partial charge < -0.3 is 35.3 Å². The first-order valence-corrected chi connectivity index (χ1v) is 12.7. The summed E-state index contributed by atoms with van der Waals surface area (Å²) < 4.78 is 26.0. The zero-order chi connectivity index (χ0) is 28.6. The van der Waals surface area contributed by atoms with Crippen LogP contribution in [0.5, 0.6) is 5.75 Å². The van der Waals surface area contributed by atoms with Gasteiger partial charge in [0.25, 0.3) is 17.7 Å².